The Kier molecular flexibility index (Phi) is 25.3. The van der Waals surface area contributed by atoms with E-state index in [9.17, 15) is 29.7 Å². The van der Waals surface area contributed by atoms with Crippen LogP contribution in [0.4, 0.5) is 34.5 Å². The van der Waals surface area contributed by atoms with Gasteiger partial charge in [-0.1, -0.05) is 111 Å². The first-order valence-electron chi connectivity index (χ1n) is 44.8. The molecule has 0 unspecified atom stereocenters. The predicted octanol–water partition coefficient (Wildman–Crippen LogP) is 11.4. The second-order valence-electron chi connectivity index (χ2n) is 34.6. The molecular weight excluding hydrogens is 1570 g/mol. The number of rotatable bonds is 20. The third kappa shape index (κ3) is 18.7. The number of piperazine rings is 3. The second kappa shape index (κ2) is 37.7. The molecule has 2 bridgehead atoms. The number of nitrogens with zero attached hydrogens (tertiary/aromatic N) is 18. The molecule has 27 nitrogen and oxygen atoms in total. The zero-order valence-corrected chi connectivity index (χ0v) is 71.8. The number of benzene rings is 7. The van der Waals surface area contributed by atoms with Crippen molar-refractivity contribution in [2.24, 2.45) is 5.92 Å². The van der Waals surface area contributed by atoms with Crippen molar-refractivity contribution in [2.75, 3.05) is 194 Å². The number of hydrogen-bond donors (Lipinski definition) is 3. The summed E-state index contributed by atoms with van der Waals surface area (Å²) in [6.07, 6.45) is 13.9. The number of carbonyl (C=O) groups excluding carboxylic acids is 3. The van der Waals surface area contributed by atoms with E-state index in [1.807, 2.05) is 99.6 Å². The van der Waals surface area contributed by atoms with Gasteiger partial charge in [0.1, 0.15) is 41.3 Å². The lowest BCUT2D eigenvalue weighted by molar-refractivity contribution is -0.127. The summed E-state index contributed by atoms with van der Waals surface area (Å²) in [5.74, 6) is 5.13. The first-order chi connectivity index (χ1) is 61.1. The SMILES string of the molecule is C=CC(=O)N1CCN(c2nc(-c3cccc(CN4CCOCC4)c3)nc3c2CCN(c2cc(O)cc4ccccc24)C3)CC1.C=CC(=O)N1CCN(c2nc(OCCCN3C[C@@H]4CC[C@H]3C4)nc3c2CCN(c2cc(O)cc4ccccc24)C3)CC1.C=CC(=O)N1CCN(c2nc(OC[C@H]3CCCN3C)nc3c2CCN(c2cc(O)cc4ccccc24)C3)CC1. The van der Waals surface area contributed by atoms with Crippen LogP contribution in [0.2, 0.25) is 0 Å². The first-order valence-corrected chi connectivity index (χ1v) is 44.8. The van der Waals surface area contributed by atoms with E-state index in [-0.39, 0.29) is 35.0 Å². The Labute approximate surface area is 731 Å². The molecule has 3 amide bonds. The highest BCUT2D eigenvalue weighted by atomic mass is 16.5. The number of morpholine rings is 1. The van der Waals surface area contributed by atoms with Gasteiger partial charge in [-0.05, 0) is 142 Å². The second-order valence-corrected chi connectivity index (χ2v) is 34.6. The number of fused-ring (bicyclic) bond motifs is 8. The fraction of sp³-hybridized carbons (Fsp3) is 0.418. The van der Waals surface area contributed by atoms with E-state index in [1.54, 1.807) is 6.07 Å². The lowest BCUT2D eigenvalue weighted by Crippen LogP contribution is -2.49. The third-order valence-corrected chi connectivity index (χ3v) is 26.9. The lowest BCUT2D eigenvalue weighted by Gasteiger charge is -2.38. The number of phenols is 3. The summed E-state index contributed by atoms with van der Waals surface area (Å²) in [6.45, 7) is 32.0. The van der Waals surface area contributed by atoms with Crippen molar-refractivity contribution >= 4 is 84.6 Å². The van der Waals surface area contributed by atoms with Crippen molar-refractivity contribution < 1.29 is 43.9 Å². The van der Waals surface area contributed by atoms with Gasteiger partial charge in [-0.25, -0.2) is 9.97 Å². The molecule has 125 heavy (non-hydrogen) atoms. The van der Waals surface area contributed by atoms with E-state index >= 15 is 0 Å². The normalized spacial score (nSPS) is 19.8. The number of aromatic hydroxyl groups is 3. The van der Waals surface area contributed by atoms with Gasteiger partial charge in [-0.15, -0.1) is 0 Å². The smallest absolute Gasteiger partial charge is 0.318 e. The Balaban J connectivity index is 0.000000128. The number of phenolic OH excluding ortho intramolecular Hbond substituents is 3. The van der Waals surface area contributed by atoms with E-state index in [2.05, 4.69) is 113 Å². The predicted molar refractivity (Wildman–Crippen MR) is 490 cm³/mol. The monoisotopic (exact) mass is 1690 g/mol. The molecule has 6 saturated heterocycles. The number of likely N-dealkylation sites (N-methyl/N-ethyl adjacent to an activating group) is 1. The molecule has 10 aromatic rings. The standard InChI is InChI=1S/C35H38N6O3.C33H40N6O3.C30H36N6O3/c1-2-33(43)39-12-14-40(15-13-39)35-30-10-11-41(32-22-28(42)21-26-7-3-4-9-29(26)32)24-31(30)36-34(37-35)27-8-5-6-25(20-27)23-38-16-18-44-19-17-38;1-2-31(41)36-13-15-37(16-14-36)32-28-10-12-39(30-20-26(40)19-24-6-3-4-7-27(24)30)22-29(28)34-33(35-32)42-17-5-11-38-21-23-8-9-25(38)18-23;1-3-28(38)34-13-15-35(16-14-34)29-25-10-12-36(27-18-23(37)17-21-7-4-5-9-24(21)27)19-26(25)31-30(32-29)39-20-22-8-6-11-33(22)2/h2-9,20-22,42H,1,10-19,23-24H2;2-4,6-7,19-20,23,25,40H,1,5,8-18,21-22H2;3-5,7,9,17-18,22,37H,1,6,8,10-16,19-20H2,2H3/t;23-,25+;22-/m.11/s1. The number of carbonyl (C=O) groups is 3. The van der Waals surface area contributed by atoms with Gasteiger partial charge in [0.2, 0.25) is 17.7 Å². The number of ether oxygens (including phenoxy) is 3. The van der Waals surface area contributed by atoms with Gasteiger partial charge in [0, 0.05) is 217 Å². The fourth-order valence-electron chi connectivity index (χ4n) is 20.2. The Bertz CT molecular complexity index is 5650. The topological polar surface area (TPSA) is 256 Å². The molecule has 20 rings (SSSR count). The van der Waals surface area contributed by atoms with Gasteiger partial charge in [0.15, 0.2) is 5.82 Å². The Morgan fingerprint density at radius 1 is 0.472 bits per heavy atom. The van der Waals surface area contributed by atoms with Crippen LogP contribution in [0.15, 0.2) is 171 Å². The quantitative estimate of drug-likeness (QED) is 0.0473. The zero-order chi connectivity index (χ0) is 85.6. The van der Waals surface area contributed by atoms with Crippen molar-refractivity contribution in [3.05, 3.63) is 211 Å². The van der Waals surface area contributed by atoms with Crippen LogP contribution in [0.5, 0.6) is 29.3 Å². The van der Waals surface area contributed by atoms with Crippen LogP contribution in [0, 0.1) is 5.92 Å². The van der Waals surface area contributed by atoms with Gasteiger partial charge < -0.3 is 78.5 Å². The average Bonchev–Trinajstić information content (AvgIpc) is 1.14. The molecule has 3 N–H and O–H groups in total. The third-order valence-electron chi connectivity index (χ3n) is 26.9. The summed E-state index contributed by atoms with van der Waals surface area (Å²) < 4.78 is 18.0. The van der Waals surface area contributed by atoms with Crippen molar-refractivity contribution in [3.63, 3.8) is 0 Å². The maximum Gasteiger partial charge on any atom is 0.318 e. The largest absolute Gasteiger partial charge is 0.508 e. The van der Waals surface area contributed by atoms with E-state index in [1.165, 1.54) is 61.6 Å². The molecule has 3 atom stereocenters. The number of piperidine rings is 1. The molecule has 3 aromatic heterocycles. The molecule has 0 radical (unpaired) electrons. The summed E-state index contributed by atoms with van der Waals surface area (Å²) in [7, 11) is 2.14. The van der Waals surface area contributed by atoms with E-state index in [0.29, 0.717) is 129 Å². The number of hydrogen-bond acceptors (Lipinski definition) is 24. The van der Waals surface area contributed by atoms with Crippen LogP contribution in [-0.2, 0) is 64.6 Å². The Morgan fingerprint density at radius 3 is 1.37 bits per heavy atom. The summed E-state index contributed by atoms with van der Waals surface area (Å²) >= 11 is 0. The summed E-state index contributed by atoms with van der Waals surface area (Å²) in [6, 6.07) is 46.1. The maximum atomic E-state index is 12.3. The molecule has 7 aromatic carbocycles. The Morgan fingerprint density at radius 2 is 0.928 bits per heavy atom. The van der Waals surface area contributed by atoms with Crippen LogP contribution in [0.3, 0.4) is 0 Å². The van der Waals surface area contributed by atoms with E-state index in [0.717, 1.165) is 216 Å². The lowest BCUT2D eigenvalue weighted by atomic mass is 10.0. The molecule has 27 heteroatoms. The van der Waals surface area contributed by atoms with Gasteiger partial charge in [0.25, 0.3) is 0 Å². The van der Waals surface area contributed by atoms with Crippen molar-refractivity contribution in [2.45, 2.75) is 96.1 Å². The van der Waals surface area contributed by atoms with Gasteiger partial charge >= 0.3 is 12.0 Å². The van der Waals surface area contributed by atoms with E-state index < -0.39 is 0 Å². The average molecular weight is 1690 g/mol. The molecule has 1 aliphatic carbocycles. The molecule has 9 aliphatic heterocycles. The minimum Gasteiger partial charge on any atom is -0.508 e. The molecule has 10 aliphatic rings. The van der Waals surface area contributed by atoms with Crippen LogP contribution < -0.4 is 38.9 Å². The van der Waals surface area contributed by atoms with Gasteiger partial charge in [-0.2, -0.15) is 19.9 Å². The first kappa shape index (κ1) is 83.7. The zero-order valence-electron chi connectivity index (χ0n) is 71.8. The van der Waals surface area contributed by atoms with E-state index in [4.69, 9.17) is 44.1 Å². The number of likely N-dealkylation sites (tertiary alicyclic amines) is 2. The van der Waals surface area contributed by atoms with Crippen molar-refractivity contribution in [1.82, 2.24) is 59.3 Å². The van der Waals surface area contributed by atoms with Crippen molar-refractivity contribution in [1.29, 1.82) is 0 Å². The van der Waals surface area contributed by atoms with Gasteiger partial charge in [-0.3, -0.25) is 24.2 Å². The molecule has 650 valence electrons. The van der Waals surface area contributed by atoms with Crippen LogP contribution in [0.25, 0.3) is 43.7 Å². The van der Waals surface area contributed by atoms with Crippen LogP contribution in [0.1, 0.15) is 77.9 Å². The molecule has 1 saturated carbocycles. The molecule has 12 heterocycles. The fourth-order valence-corrected chi connectivity index (χ4v) is 20.2. The van der Waals surface area contributed by atoms with Crippen molar-refractivity contribution in [3.8, 4) is 40.7 Å². The van der Waals surface area contributed by atoms with Crippen LogP contribution >= 0.6 is 0 Å². The summed E-state index contributed by atoms with van der Waals surface area (Å²) in [5.41, 5.74) is 11.7. The van der Waals surface area contributed by atoms with Gasteiger partial charge in [0.05, 0.1) is 56.5 Å². The molecule has 7 fully saturated rings. The number of amides is 3. The molecule has 0 spiro atoms. The minimum atomic E-state index is -0.0296. The minimum absolute atomic E-state index is 0.0244. The maximum absolute atomic E-state index is 12.3. The highest BCUT2D eigenvalue weighted by Gasteiger charge is 2.39. The highest BCUT2D eigenvalue weighted by Crippen LogP contribution is 2.43. The molecular formula is C98H114N18O9. The Hall–Kier alpha value is -12.2. The highest BCUT2D eigenvalue weighted by molar-refractivity contribution is 5.98. The van der Waals surface area contributed by atoms with Crippen LogP contribution in [-0.4, -0.2) is 269 Å². The summed E-state index contributed by atoms with van der Waals surface area (Å²) in [5, 5.41) is 37.9. The number of anilines is 6. The summed E-state index contributed by atoms with van der Waals surface area (Å²) in [4.78, 5) is 93.5. The number of aromatic nitrogens is 6.